The molecule has 0 spiro atoms. The minimum atomic E-state index is -0.549. The second-order valence-electron chi connectivity index (χ2n) is 8.83. The molecule has 6 heteroatoms. The Balaban J connectivity index is 0.00000156. The Kier molecular flexibility index (Phi) is 8.98. The summed E-state index contributed by atoms with van der Waals surface area (Å²) < 4.78 is 10.9. The third-order valence-corrected chi connectivity index (χ3v) is 6.37. The number of rotatable bonds is 6. The van der Waals surface area contributed by atoms with Crippen LogP contribution in [0.1, 0.15) is 44.4 Å². The molecule has 1 fully saturated rings. The Morgan fingerprint density at radius 3 is 2.11 bits per heavy atom. The zero-order chi connectivity index (χ0) is 26.0. The molecule has 5 rings (SSSR count). The molecular weight excluding hydrogens is 462 g/mol. The molecule has 1 aliphatic rings. The Morgan fingerprint density at radius 1 is 0.865 bits per heavy atom. The number of ether oxygens (including phenoxy) is 1. The van der Waals surface area contributed by atoms with Crippen LogP contribution in [0, 0.1) is 6.92 Å². The molecule has 0 atom stereocenters. The lowest BCUT2D eigenvalue weighted by atomic mass is 10.0. The maximum absolute atomic E-state index is 12.4. The fraction of sp³-hybridized carbons (Fsp3) is 0.290. The molecule has 0 radical (unpaired) electrons. The normalized spacial score (nSPS) is 12.9. The van der Waals surface area contributed by atoms with Crippen molar-refractivity contribution in [1.29, 1.82) is 0 Å². The average Bonchev–Trinajstić information content (AvgIpc) is 3.33. The zero-order valence-corrected chi connectivity index (χ0v) is 21.9. The molecule has 0 saturated carbocycles. The monoisotopic (exact) mass is 497 g/mol. The lowest BCUT2D eigenvalue weighted by molar-refractivity contribution is 0.155. The van der Waals surface area contributed by atoms with Gasteiger partial charge in [0.15, 0.2) is 5.76 Å². The number of benzene rings is 3. The van der Waals surface area contributed by atoms with E-state index in [9.17, 15) is 4.79 Å². The number of piperidine rings is 1. The largest absolute Gasteiger partial charge is 0.444 e. The highest BCUT2D eigenvalue weighted by atomic mass is 16.5. The second kappa shape index (κ2) is 12.8. The average molecular weight is 498 g/mol. The van der Waals surface area contributed by atoms with Gasteiger partial charge in [0.25, 0.3) is 0 Å². The van der Waals surface area contributed by atoms with Crippen LogP contribution in [-0.2, 0) is 11.3 Å². The highest BCUT2D eigenvalue weighted by molar-refractivity contribution is 5.91. The van der Waals surface area contributed by atoms with Crippen LogP contribution in [-0.4, -0.2) is 24.3 Å². The molecule has 0 aliphatic carbocycles. The van der Waals surface area contributed by atoms with Gasteiger partial charge in [0.2, 0.25) is 0 Å². The number of aromatic nitrogens is 1. The summed E-state index contributed by atoms with van der Waals surface area (Å²) in [7, 11) is 0. The number of nitrogens with one attached hydrogen (secondary N) is 1. The van der Waals surface area contributed by atoms with Crippen molar-refractivity contribution in [3.05, 3.63) is 90.1 Å². The molecule has 1 aromatic heterocycles. The Labute approximate surface area is 219 Å². The smallest absolute Gasteiger partial charge is 0.412 e. The van der Waals surface area contributed by atoms with Crippen molar-refractivity contribution in [2.24, 2.45) is 0 Å². The molecule has 2 heterocycles. The molecule has 3 aromatic carbocycles. The van der Waals surface area contributed by atoms with E-state index < -0.39 is 6.09 Å². The zero-order valence-electron chi connectivity index (χ0n) is 21.9. The van der Waals surface area contributed by atoms with Gasteiger partial charge in [0.1, 0.15) is 18.0 Å². The van der Waals surface area contributed by atoms with Crippen LogP contribution in [0.5, 0.6) is 0 Å². The maximum Gasteiger partial charge on any atom is 0.412 e. The predicted molar refractivity (Wildman–Crippen MR) is 150 cm³/mol. The fourth-order valence-electron chi connectivity index (χ4n) is 4.41. The quantitative estimate of drug-likeness (QED) is 0.292. The van der Waals surface area contributed by atoms with E-state index in [4.69, 9.17) is 9.26 Å². The van der Waals surface area contributed by atoms with Gasteiger partial charge in [-0.15, -0.1) is 0 Å². The van der Waals surface area contributed by atoms with Gasteiger partial charge in [-0.25, -0.2) is 4.79 Å². The Morgan fingerprint density at radius 2 is 1.46 bits per heavy atom. The first kappa shape index (κ1) is 26.0. The van der Waals surface area contributed by atoms with Crippen LogP contribution in [0.15, 0.2) is 83.4 Å². The van der Waals surface area contributed by atoms with Crippen molar-refractivity contribution in [2.45, 2.75) is 46.6 Å². The summed E-state index contributed by atoms with van der Waals surface area (Å²) in [6.45, 7) is 8.26. The van der Waals surface area contributed by atoms with E-state index in [2.05, 4.69) is 51.8 Å². The summed E-state index contributed by atoms with van der Waals surface area (Å²) in [6.07, 6.45) is 3.32. The first-order valence-corrected chi connectivity index (χ1v) is 13.1. The molecule has 192 valence electrons. The van der Waals surface area contributed by atoms with Gasteiger partial charge in [-0.3, -0.25) is 5.32 Å². The van der Waals surface area contributed by atoms with Crippen molar-refractivity contribution in [1.82, 2.24) is 5.16 Å². The molecule has 4 aromatic rings. The first-order chi connectivity index (χ1) is 18.2. The predicted octanol–water partition coefficient (Wildman–Crippen LogP) is 8.08. The molecule has 0 unspecified atom stereocenters. The van der Waals surface area contributed by atoms with E-state index in [0.717, 1.165) is 35.3 Å². The summed E-state index contributed by atoms with van der Waals surface area (Å²) in [6, 6.07) is 26.4. The van der Waals surface area contributed by atoms with Crippen molar-refractivity contribution >= 4 is 17.5 Å². The van der Waals surface area contributed by atoms with E-state index in [1.807, 2.05) is 56.3 Å². The third-order valence-electron chi connectivity index (χ3n) is 6.37. The van der Waals surface area contributed by atoms with Gasteiger partial charge in [0, 0.05) is 24.3 Å². The van der Waals surface area contributed by atoms with Gasteiger partial charge >= 0.3 is 6.09 Å². The van der Waals surface area contributed by atoms with E-state index in [1.54, 1.807) is 6.92 Å². The summed E-state index contributed by atoms with van der Waals surface area (Å²) >= 11 is 0. The number of nitrogens with zero attached hydrogens (tertiary/aromatic N) is 2. The van der Waals surface area contributed by atoms with Gasteiger partial charge in [-0.05, 0) is 55.0 Å². The van der Waals surface area contributed by atoms with E-state index in [1.165, 1.54) is 24.9 Å². The molecule has 0 bridgehead atoms. The second-order valence-corrected chi connectivity index (χ2v) is 8.83. The van der Waals surface area contributed by atoms with Crippen molar-refractivity contribution < 1.29 is 14.1 Å². The van der Waals surface area contributed by atoms with Gasteiger partial charge in [-0.2, -0.15) is 0 Å². The van der Waals surface area contributed by atoms with Gasteiger partial charge in [0.05, 0.1) is 0 Å². The molecule has 6 nitrogen and oxygen atoms in total. The van der Waals surface area contributed by atoms with Crippen LogP contribution in [0.25, 0.3) is 22.5 Å². The lowest BCUT2D eigenvalue weighted by Crippen LogP contribution is -2.29. The summed E-state index contributed by atoms with van der Waals surface area (Å²) in [4.78, 5) is 14.9. The Bertz CT molecular complexity index is 1260. The van der Waals surface area contributed by atoms with E-state index in [0.29, 0.717) is 17.1 Å². The topological polar surface area (TPSA) is 67.6 Å². The number of aryl methyl sites for hydroxylation is 1. The molecule has 1 amide bonds. The highest BCUT2D eigenvalue weighted by Gasteiger charge is 2.18. The summed E-state index contributed by atoms with van der Waals surface area (Å²) in [5, 5.41) is 6.84. The molecule has 1 saturated heterocycles. The first-order valence-electron chi connectivity index (χ1n) is 13.1. The van der Waals surface area contributed by atoms with Crippen LogP contribution < -0.4 is 10.2 Å². The van der Waals surface area contributed by atoms with Crippen molar-refractivity contribution in [2.75, 3.05) is 23.3 Å². The number of carbonyl (C=O) groups excluding carboxylic acids is 1. The molecule has 1 N–H and O–H groups in total. The van der Waals surface area contributed by atoms with Crippen molar-refractivity contribution in [3.63, 3.8) is 0 Å². The minimum absolute atomic E-state index is 0.192. The Hall–Kier alpha value is -4.06. The van der Waals surface area contributed by atoms with Crippen LogP contribution in [0.2, 0.25) is 0 Å². The molecule has 1 aliphatic heterocycles. The van der Waals surface area contributed by atoms with E-state index >= 15 is 0 Å². The number of amides is 1. The molecule has 37 heavy (non-hydrogen) atoms. The van der Waals surface area contributed by atoms with E-state index in [-0.39, 0.29) is 6.61 Å². The van der Waals surface area contributed by atoms with Gasteiger partial charge in [-0.1, -0.05) is 85.7 Å². The van der Waals surface area contributed by atoms with Crippen LogP contribution >= 0.6 is 0 Å². The number of anilines is 2. The van der Waals surface area contributed by atoms with Crippen LogP contribution in [0.4, 0.5) is 16.2 Å². The molecular formula is C31H35N3O3. The highest BCUT2D eigenvalue weighted by Crippen LogP contribution is 2.33. The summed E-state index contributed by atoms with van der Waals surface area (Å²) in [5.41, 5.74) is 6.43. The number of hydrogen-bond donors (Lipinski definition) is 1. The number of carbonyl (C=O) groups is 1. The SMILES string of the molecule is CC.Cc1noc(-c2ccc(-c3ccc(N4CCCCC4)cc3)cc2)c1NC(=O)OCc1ccccc1. The summed E-state index contributed by atoms with van der Waals surface area (Å²) in [5.74, 6) is 0.506. The minimum Gasteiger partial charge on any atom is -0.444 e. The standard InChI is InChI=1S/C29H29N3O3.C2H6/c1-21-27(30-29(33)34-20-22-8-4-2-5-9-22)28(35-31-21)25-12-10-23(11-13-25)24-14-16-26(17-15-24)32-18-6-3-7-19-32;1-2/h2,4-5,8-17H,3,6-7,18-20H2,1H3,(H,30,33);1-2H3. The number of hydrogen-bond acceptors (Lipinski definition) is 5. The third kappa shape index (κ3) is 6.58. The maximum atomic E-state index is 12.4. The fourth-order valence-corrected chi connectivity index (χ4v) is 4.41. The van der Waals surface area contributed by atoms with Crippen molar-refractivity contribution in [3.8, 4) is 22.5 Å². The van der Waals surface area contributed by atoms with Crippen LogP contribution in [0.3, 0.4) is 0 Å². The van der Waals surface area contributed by atoms with Gasteiger partial charge < -0.3 is 14.2 Å². The lowest BCUT2D eigenvalue weighted by Gasteiger charge is -2.28.